The largest absolute Gasteiger partial charge is 0.308 e. The van der Waals surface area contributed by atoms with Crippen LogP contribution in [0.3, 0.4) is 0 Å². The van der Waals surface area contributed by atoms with E-state index in [4.69, 9.17) is 9.97 Å². The minimum absolute atomic E-state index is 0.237. The Bertz CT molecular complexity index is 2270. The molecule has 4 aromatic carbocycles. The molecule has 4 heterocycles. The molecule has 1 aliphatic carbocycles. The lowest BCUT2D eigenvalue weighted by Gasteiger charge is -2.14. The van der Waals surface area contributed by atoms with Crippen LogP contribution in [0.1, 0.15) is 11.1 Å². The Labute approximate surface area is 228 Å². The average Bonchev–Trinajstić information content (AvgIpc) is 3.64. The lowest BCUT2D eigenvalue weighted by molar-refractivity contribution is 0.627. The number of rotatable bonds is 2. The Kier molecular flexibility index (Phi) is 4.25. The molecule has 1 aliphatic rings. The van der Waals surface area contributed by atoms with Gasteiger partial charge >= 0.3 is 0 Å². The number of nitrogens with zero attached hydrogens (tertiary/aromatic N) is 4. The van der Waals surface area contributed by atoms with Crippen molar-refractivity contribution in [3.8, 4) is 22.5 Å². The lowest BCUT2D eigenvalue weighted by atomic mass is 10.0. The smallest absolute Gasteiger partial charge is 0.125 e. The van der Waals surface area contributed by atoms with Gasteiger partial charge in [0.05, 0.1) is 38.8 Å². The molecule has 8 aromatic rings. The fourth-order valence-corrected chi connectivity index (χ4v) is 6.66. The van der Waals surface area contributed by atoms with E-state index >= 15 is 4.39 Å². The lowest BCUT2D eigenvalue weighted by Crippen LogP contribution is -2.01. The molecule has 0 N–H and O–H groups in total. The molecule has 0 atom stereocenters. The van der Waals surface area contributed by atoms with E-state index in [-0.39, 0.29) is 5.82 Å². The summed E-state index contributed by atoms with van der Waals surface area (Å²) in [5.74, 6) is -0.237. The van der Waals surface area contributed by atoms with Gasteiger partial charge in [0.25, 0.3) is 0 Å². The zero-order chi connectivity index (χ0) is 26.4. The Balaban J connectivity index is 1.35. The highest BCUT2D eigenvalue weighted by molar-refractivity contribution is 6.10. The van der Waals surface area contributed by atoms with Crippen LogP contribution in [0.25, 0.3) is 66.4 Å². The summed E-state index contributed by atoms with van der Waals surface area (Å²) in [5.41, 5.74) is 12.4. The molecule has 0 unspecified atom stereocenters. The molecule has 9 rings (SSSR count). The van der Waals surface area contributed by atoms with Gasteiger partial charge in [0, 0.05) is 35.3 Å². The standard InChI is InChI=1S/C35H21FN4/c36-22-18-26-24-8-2-1-7-21(24)17-27(26)33(19-22)40-30-14-13-23(20-28(30)35-32(40)12-6-16-38-35)39-29-10-4-3-9-25(29)34-31(39)11-5-15-37-34/h1-16,18-20H,17H2. The molecule has 0 radical (unpaired) electrons. The summed E-state index contributed by atoms with van der Waals surface area (Å²) in [5, 5.41) is 2.14. The van der Waals surface area contributed by atoms with Gasteiger partial charge in [-0.05, 0) is 82.9 Å². The highest BCUT2D eigenvalue weighted by Gasteiger charge is 2.25. The maximum atomic E-state index is 15.2. The van der Waals surface area contributed by atoms with Crippen LogP contribution in [-0.4, -0.2) is 19.1 Å². The fourth-order valence-electron chi connectivity index (χ4n) is 6.66. The van der Waals surface area contributed by atoms with Crippen molar-refractivity contribution in [1.82, 2.24) is 19.1 Å². The normalized spacial score (nSPS) is 12.5. The van der Waals surface area contributed by atoms with Crippen molar-refractivity contribution in [2.24, 2.45) is 0 Å². The van der Waals surface area contributed by atoms with Crippen molar-refractivity contribution in [2.75, 3.05) is 0 Å². The molecular weight excluding hydrogens is 495 g/mol. The Morgan fingerprint density at radius 2 is 1.27 bits per heavy atom. The van der Waals surface area contributed by atoms with Crippen LogP contribution in [0.4, 0.5) is 4.39 Å². The van der Waals surface area contributed by atoms with Gasteiger partial charge in [0.1, 0.15) is 5.82 Å². The predicted octanol–water partition coefficient (Wildman–Crippen LogP) is 8.38. The van der Waals surface area contributed by atoms with Crippen molar-refractivity contribution in [2.45, 2.75) is 6.42 Å². The number of hydrogen-bond acceptors (Lipinski definition) is 2. The molecule has 40 heavy (non-hydrogen) atoms. The van der Waals surface area contributed by atoms with Gasteiger partial charge < -0.3 is 9.13 Å². The first-order valence-corrected chi connectivity index (χ1v) is 13.4. The Hall–Kier alpha value is -5.29. The maximum absolute atomic E-state index is 15.2. The number of fused-ring (bicyclic) bond motifs is 9. The first kappa shape index (κ1) is 21.6. The molecule has 4 aromatic heterocycles. The third-order valence-electron chi connectivity index (χ3n) is 8.30. The monoisotopic (exact) mass is 516 g/mol. The molecule has 0 saturated carbocycles. The third-order valence-corrected chi connectivity index (χ3v) is 8.30. The van der Waals surface area contributed by atoms with Gasteiger partial charge in [0.2, 0.25) is 0 Å². The summed E-state index contributed by atoms with van der Waals surface area (Å²) in [6, 6.07) is 34.6. The predicted molar refractivity (Wildman–Crippen MR) is 159 cm³/mol. The molecule has 5 heteroatoms. The highest BCUT2D eigenvalue weighted by atomic mass is 19.1. The van der Waals surface area contributed by atoms with Gasteiger partial charge in [-0.25, -0.2) is 4.39 Å². The van der Waals surface area contributed by atoms with Gasteiger partial charge in [0.15, 0.2) is 0 Å². The summed E-state index contributed by atoms with van der Waals surface area (Å²) in [6.07, 6.45) is 4.44. The van der Waals surface area contributed by atoms with Crippen LogP contribution in [0.2, 0.25) is 0 Å². The zero-order valence-electron chi connectivity index (χ0n) is 21.3. The molecule has 188 valence electrons. The van der Waals surface area contributed by atoms with Gasteiger partial charge in [-0.3, -0.25) is 9.97 Å². The van der Waals surface area contributed by atoms with Crippen molar-refractivity contribution < 1.29 is 4.39 Å². The summed E-state index contributed by atoms with van der Waals surface area (Å²) in [6.45, 7) is 0. The van der Waals surface area contributed by atoms with E-state index in [0.29, 0.717) is 0 Å². The molecule has 0 bridgehead atoms. The number of benzene rings is 4. The topological polar surface area (TPSA) is 35.6 Å². The number of halogens is 1. The quantitative estimate of drug-likeness (QED) is 0.231. The van der Waals surface area contributed by atoms with E-state index in [1.165, 1.54) is 5.56 Å². The number of pyridine rings is 2. The van der Waals surface area contributed by atoms with Crippen LogP contribution < -0.4 is 0 Å². The minimum atomic E-state index is -0.237. The second-order valence-corrected chi connectivity index (χ2v) is 10.4. The molecule has 0 spiro atoms. The zero-order valence-corrected chi connectivity index (χ0v) is 21.3. The van der Waals surface area contributed by atoms with E-state index in [9.17, 15) is 0 Å². The Morgan fingerprint density at radius 3 is 2.15 bits per heavy atom. The number of hydrogen-bond donors (Lipinski definition) is 0. The van der Waals surface area contributed by atoms with Gasteiger partial charge in [-0.1, -0.05) is 42.5 Å². The average molecular weight is 517 g/mol. The number of aromatic nitrogens is 4. The van der Waals surface area contributed by atoms with E-state index in [1.54, 1.807) is 12.1 Å². The summed E-state index contributed by atoms with van der Waals surface area (Å²) >= 11 is 0. The van der Waals surface area contributed by atoms with Crippen LogP contribution in [0.15, 0.2) is 116 Å². The van der Waals surface area contributed by atoms with E-state index in [1.807, 2.05) is 30.6 Å². The van der Waals surface area contributed by atoms with Gasteiger partial charge in [-0.15, -0.1) is 0 Å². The molecule has 0 aliphatic heterocycles. The summed E-state index contributed by atoms with van der Waals surface area (Å²) < 4.78 is 19.7. The molecular formula is C35H21FN4. The molecule has 0 saturated heterocycles. The highest BCUT2D eigenvalue weighted by Crippen LogP contribution is 2.43. The second-order valence-electron chi connectivity index (χ2n) is 10.4. The Morgan fingerprint density at radius 1 is 0.575 bits per heavy atom. The van der Waals surface area contributed by atoms with Crippen LogP contribution >= 0.6 is 0 Å². The van der Waals surface area contributed by atoms with Gasteiger partial charge in [-0.2, -0.15) is 0 Å². The van der Waals surface area contributed by atoms with Crippen molar-refractivity contribution >= 4 is 43.9 Å². The summed E-state index contributed by atoms with van der Waals surface area (Å²) in [4.78, 5) is 9.52. The van der Waals surface area contributed by atoms with Crippen molar-refractivity contribution in [1.29, 1.82) is 0 Å². The molecule has 4 nitrogen and oxygen atoms in total. The van der Waals surface area contributed by atoms with Crippen LogP contribution in [0, 0.1) is 5.82 Å². The first-order valence-electron chi connectivity index (χ1n) is 13.4. The maximum Gasteiger partial charge on any atom is 0.125 e. The van der Waals surface area contributed by atoms with Crippen LogP contribution in [0.5, 0.6) is 0 Å². The van der Waals surface area contributed by atoms with E-state index in [2.05, 4.69) is 81.9 Å². The van der Waals surface area contributed by atoms with E-state index in [0.717, 1.165) is 78.4 Å². The number of para-hydroxylation sites is 1. The fraction of sp³-hybridized carbons (Fsp3) is 0.0286. The summed E-state index contributed by atoms with van der Waals surface area (Å²) in [7, 11) is 0. The minimum Gasteiger partial charge on any atom is -0.308 e. The molecule has 0 amide bonds. The second kappa shape index (κ2) is 7.87. The van der Waals surface area contributed by atoms with E-state index < -0.39 is 0 Å². The van der Waals surface area contributed by atoms with Crippen molar-refractivity contribution in [3.05, 3.63) is 132 Å². The first-order chi connectivity index (χ1) is 19.8. The molecule has 0 fully saturated rings. The van der Waals surface area contributed by atoms with Crippen LogP contribution in [-0.2, 0) is 6.42 Å². The SMILES string of the molecule is Fc1cc2c(c(-n3c4ccc(-n5c6ccccc6c6ncccc65)cc4c4ncccc43)c1)Cc1ccccc1-2. The third kappa shape index (κ3) is 2.84. The van der Waals surface area contributed by atoms with Crippen molar-refractivity contribution in [3.63, 3.8) is 0 Å².